The average molecular weight is 202 g/mol. The Morgan fingerprint density at radius 3 is 2.87 bits per heavy atom. The van der Waals surface area contributed by atoms with Crippen LogP contribution in [0.3, 0.4) is 0 Å². The fraction of sp³-hybridized carbons (Fsp3) is 0.600. The van der Waals surface area contributed by atoms with Gasteiger partial charge in [-0.2, -0.15) is 0 Å². The van der Waals surface area contributed by atoms with Gasteiger partial charge in [0.15, 0.2) is 0 Å². The summed E-state index contributed by atoms with van der Waals surface area (Å²) in [5.41, 5.74) is 5.17. The normalized spacial score (nSPS) is 23.0. The van der Waals surface area contributed by atoms with Crippen LogP contribution in [0.5, 0.6) is 0 Å². The van der Waals surface area contributed by atoms with Crippen LogP contribution in [0.4, 0.5) is 0 Å². The molecule has 0 saturated heterocycles. The molecule has 0 aromatic carbocycles. The van der Waals surface area contributed by atoms with Crippen molar-refractivity contribution in [2.75, 3.05) is 0 Å². The van der Waals surface area contributed by atoms with Crippen LogP contribution in [0, 0.1) is 5.41 Å². The van der Waals surface area contributed by atoms with Crippen LogP contribution < -0.4 is 0 Å². The van der Waals surface area contributed by atoms with Gasteiger partial charge in [-0.3, -0.25) is 0 Å². The summed E-state index contributed by atoms with van der Waals surface area (Å²) in [4.78, 5) is 0. The summed E-state index contributed by atoms with van der Waals surface area (Å²) in [7, 11) is 0. The topological polar surface area (TPSA) is 0 Å². The third-order valence-corrected chi connectivity index (χ3v) is 3.63. The van der Waals surface area contributed by atoms with E-state index in [0.717, 1.165) is 0 Å². The van der Waals surface area contributed by atoms with Crippen LogP contribution in [0.25, 0.3) is 0 Å². The number of unbranched alkanes of at least 4 members (excludes halogenated alkanes) is 1. The molecule has 0 radical (unpaired) electrons. The summed E-state index contributed by atoms with van der Waals surface area (Å²) in [6, 6.07) is 0. The molecule has 2 aliphatic carbocycles. The highest BCUT2D eigenvalue weighted by Gasteiger charge is 2.31. The van der Waals surface area contributed by atoms with E-state index in [1.165, 1.54) is 32.1 Å². The van der Waals surface area contributed by atoms with Crippen molar-refractivity contribution in [2.24, 2.45) is 5.41 Å². The second-order valence-corrected chi connectivity index (χ2v) is 5.33. The molecule has 0 atom stereocenters. The number of allylic oxidation sites excluding steroid dienone is 6. The number of hydrogen-bond acceptors (Lipinski definition) is 0. The minimum atomic E-state index is 0.323. The van der Waals surface area contributed by atoms with E-state index in [-0.39, 0.29) is 0 Å². The Hall–Kier alpha value is -0.780. The van der Waals surface area contributed by atoms with Gasteiger partial charge < -0.3 is 0 Å². The largest absolute Gasteiger partial charge is 0.0836 e. The van der Waals surface area contributed by atoms with Gasteiger partial charge in [0.2, 0.25) is 0 Å². The molecule has 0 amide bonds. The van der Waals surface area contributed by atoms with Crippen molar-refractivity contribution in [1.29, 1.82) is 0 Å². The lowest BCUT2D eigenvalue weighted by atomic mass is 9.82. The third kappa shape index (κ3) is 1.95. The molecule has 0 spiro atoms. The van der Waals surface area contributed by atoms with Gasteiger partial charge in [0, 0.05) is 5.41 Å². The first-order chi connectivity index (χ1) is 7.15. The SMILES string of the molecule is CCCCC1=CC(C)(C)C2=C1C=CCC2. The third-order valence-electron chi connectivity index (χ3n) is 3.63. The van der Waals surface area contributed by atoms with E-state index in [2.05, 4.69) is 39.0 Å². The van der Waals surface area contributed by atoms with Crippen LogP contribution in [0.1, 0.15) is 52.9 Å². The van der Waals surface area contributed by atoms with Gasteiger partial charge in [-0.25, -0.2) is 0 Å². The minimum Gasteiger partial charge on any atom is -0.0836 e. The first-order valence-corrected chi connectivity index (χ1v) is 6.27. The Morgan fingerprint density at radius 2 is 2.13 bits per heavy atom. The number of hydrogen-bond donors (Lipinski definition) is 0. The molecule has 2 rings (SSSR count). The maximum Gasteiger partial charge on any atom is 0.00494 e. The van der Waals surface area contributed by atoms with Gasteiger partial charge in [0.25, 0.3) is 0 Å². The molecule has 82 valence electrons. The van der Waals surface area contributed by atoms with Crippen LogP contribution in [0.15, 0.2) is 34.9 Å². The Balaban J connectivity index is 2.25. The van der Waals surface area contributed by atoms with Gasteiger partial charge in [0.05, 0.1) is 0 Å². The number of rotatable bonds is 3. The lowest BCUT2D eigenvalue weighted by Gasteiger charge is -2.22. The molecule has 0 aliphatic heterocycles. The maximum atomic E-state index is 2.50. The fourth-order valence-corrected chi connectivity index (χ4v) is 2.81. The predicted octanol–water partition coefficient (Wildman–Crippen LogP) is 4.79. The molecule has 0 heterocycles. The Kier molecular flexibility index (Phi) is 2.86. The van der Waals surface area contributed by atoms with Gasteiger partial charge in [0.1, 0.15) is 0 Å². The van der Waals surface area contributed by atoms with Crippen molar-refractivity contribution in [3.8, 4) is 0 Å². The smallest absolute Gasteiger partial charge is 0.00494 e. The minimum absolute atomic E-state index is 0.323. The lowest BCUT2D eigenvalue weighted by Crippen LogP contribution is -2.09. The summed E-state index contributed by atoms with van der Waals surface area (Å²) in [5, 5.41) is 0. The highest BCUT2D eigenvalue weighted by atomic mass is 14.4. The Bertz CT molecular complexity index is 337. The van der Waals surface area contributed by atoms with Crippen LogP contribution in [-0.2, 0) is 0 Å². The van der Waals surface area contributed by atoms with Gasteiger partial charge >= 0.3 is 0 Å². The second-order valence-electron chi connectivity index (χ2n) is 5.33. The summed E-state index contributed by atoms with van der Waals surface area (Å²) in [6.07, 6.45) is 13.6. The predicted molar refractivity (Wildman–Crippen MR) is 66.8 cm³/mol. The molecule has 0 unspecified atom stereocenters. The van der Waals surface area contributed by atoms with E-state index >= 15 is 0 Å². The molecule has 15 heavy (non-hydrogen) atoms. The zero-order chi connectivity index (χ0) is 10.9. The summed E-state index contributed by atoms with van der Waals surface area (Å²) in [6.45, 7) is 6.99. The highest BCUT2D eigenvalue weighted by molar-refractivity contribution is 5.54. The lowest BCUT2D eigenvalue weighted by molar-refractivity contribution is 0.558. The molecule has 0 saturated carbocycles. The highest BCUT2D eigenvalue weighted by Crippen LogP contribution is 2.46. The Labute approximate surface area is 93.8 Å². The molecule has 0 bridgehead atoms. The zero-order valence-electron chi connectivity index (χ0n) is 10.3. The van der Waals surface area contributed by atoms with Crippen molar-refractivity contribution in [1.82, 2.24) is 0 Å². The van der Waals surface area contributed by atoms with Crippen molar-refractivity contribution < 1.29 is 0 Å². The van der Waals surface area contributed by atoms with Crippen LogP contribution in [0.2, 0.25) is 0 Å². The summed E-state index contributed by atoms with van der Waals surface area (Å²) < 4.78 is 0. The Morgan fingerprint density at radius 1 is 1.33 bits per heavy atom. The molecule has 0 heteroatoms. The van der Waals surface area contributed by atoms with Crippen LogP contribution in [-0.4, -0.2) is 0 Å². The maximum absolute atomic E-state index is 2.50. The summed E-state index contributed by atoms with van der Waals surface area (Å²) in [5.74, 6) is 0. The second kappa shape index (κ2) is 4.00. The van der Waals surface area contributed by atoms with Crippen molar-refractivity contribution >= 4 is 0 Å². The van der Waals surface area contributed by atoms with E-state index in [1.54, 1.807) is 16.7 Å². The standard InChI is InChI=1S/C15H22/c1-4-5-8-12-11-15(2,3)14-10-7-6-9-13(12)14/h6,9,11H,4-5,7-8,10H2,1-3H3. The molecule has 0 nitrogen and oxygen atoms in total. The first kappa shape index (κ1) is 10.7. The van der Waals surface area contributed by atoms with Gasteiger partial charge in [-0.15, -0.1) is 0 Å². The zero-order valence-corrected chi connectivity index (χ0v) is 10.3. The molecular weight excluding hydrogens is 180 g/mol. The summed E-state index contributed by atoms with van der Waals surface area (Å²) >= 11 is 0. The monoisotopic (exact) mass is 202 g/mol. The van der Waals surface area contributed by atoms with E-state index in [4.69, 9.17) is 0 Å². The van der Waals surface area contributed by atoms with E-state index in [0.29, 0.717) is 5.41 Å². The first-order valence-electron chi connectivity index (χ1n) is 6.27. The molecule has 0 aromatic rings. The van der Waals surface area contributed by atoms with E-state index < -0.39 is 0 Å². The molecule has 0 fully saturated rings. The average Bonchev–Trinajstić information content (AvgIpc) is 2.49. The van der Waals surface area contributed by atoms with Crippen LogP contribution >= 0.6 is 0 Å². The quantitative estimate of drug-likeness (QED) is 0.617. The van der Waals surface area contributed by atoms with Gasteiger partial charge in [-0.1, -0.05) is 51.0 Å². The molecular formula is C15H22. The van der Waals surface area contributed by atoms with E-state index in [9.17, 15) is 0 Å². The molecule has 0 N–H and O–H groups in total. The molecule has 2 aliphatic rings. The van der Waals surface area contributed by atoms with Crippen molar-refractivity contribution in [3.05, 3.63) is 34.9 Å². The van der Waals surface area contributed by atoms with Crippen molar-refractivity contribution in [3.63, 3.8) is 0 Å². The van der Waals surface area contributed by atoms with E-state index in [1.807, 2.05) is 0 Å². The molecule has 0 aromatic heterocycles. The van der Waals surface area contributed by atoms with Gasteiger partial charge in [-0.05, 0) is 36.8 Å². The fourth-order valence-electron chi connectivity index (χ4n) is 2.81. The van der Waals surface area contributed by atoms with Crippen molar-refractivity contribution in [2.45, 2.75) is 52.9 Å².